The van der Waals surface area contributed by atoms with E-state index in [1.165, 1.54) is 14.2 Å². The highest BCUT2D eigenvalue weighted by Gasteiger charge is 2.28. The lowest BCUT2D eigenvalue weighted by Gasteiger charge is -2.21. The Hall–Kier alpha value is -1.92. The summed E-state index contributed by atoms with van der Waals surface area (Å²) >= 11 is 0. The third-order valence-corrected chi connectivity index (χ3v) is 4.78. The molecule has 0 spiro atoms. The second-order valence-corrected chi connectivity index (χ2v) is 8.17. The van der Waals surface area contributed by atoms with Gasteiger partial charge >= 0.3 is 11.9 Å². The molecule has 1 aromatic carbocycles. The number of ether oxygens (including phenoxy) is 4. The van der Waals surface area contributed by atoms with E-state index >= 15 is 0 Å². The number of hydrogen-bond donors (Lipinski definition) is 0. The van der Waals surface area contributed by atoms with Crippen molar-refractivity contribution in [1.29, 1.82) is 0 Å². The molecule has 0 N–H and O–H groups in total. The highest BCUT2D eigenvalue weighted by atomic mass is 16.5. The van der Waals surface area contributed by atoms with Gasteiger partial charge in [0, 0.05) is 13.2 Å². The van der Waals surface area contributed by atoms with Gasteiger partial charge in [-0.3, -0.25) is 9.59 Å². The van der Waals surface area contributed by atoms with Gasteiger partial charge in [0.25, 0.3) is 0 Å². The van der Waals surface area contributed by atoms with Gasteiger partial charge in [-0.1, -0.05) is 24.3 Å². The molecule has 0 heterocycles. The molecule has 6 nitrogen and oxygen atoms in total. The van der Waals surface area contributed by atoms with E-state index in [4.69, 9.17) is 18.9 Å². The van der Waals surface area contributed by atoms with Crippen LogP contribution < -0.4 is 0 Å². The van der Waals surface area contributed by atoms with E-state index in [-0.39, 0.29) is 11.9 Å². The summed E-state index contributed by atoms with van der Waals surface area (Å²) in [5, 5.41) is 0. The smallest absolute Gasteiger partial charge is 0.311 e. The van der Waals surface area contributed by atoms with Crippen LogP contribution in [-0.2, 0) is 41.8 Å². The van der Waals surface area contributed by atoms with Crippen molar-refractivity contribution in [2.45, 2.75) is 53.8 Å². The van der Waals surface area contributed by atoms with Gasteiger partial charge in [0.05, 0.1) is 38.3 Å². The Bertz CT molecular complexity index is 563. The molecule has 0 bridgehead atoms. The predicted octanol–water partition coefficient (Wildman–Crippen LogP) is 3.90. The third-order valence-electron chi connectivity index (χ3n) is 4.78. The second kappa shape index (κ2) is 11.2. The molecule has 0 saturated heterocycles. The standard InChI is InChI=1S/C22H34O6/c1-21(2,19(23)25-5)11-13-27-15-17-7-9-18(10-8-17)16-28-14-12-22(3,4)20(24)26-6/h7-10H,11-16H2,1-6H3. The van der Waals surface area contributed by atoms with Crippen molar-refractivity contribution >= 4 is 11.9 Å². The minimum absolute atomic E-state index is 0.226. The lowest BCUT2D eigenvalue weighted by molar-refractivity contribution is -0.152. The van der Waals surface area contributed by atoms with E-state index in [1.54, 1.807) is 0 Å². The van der Waals surface area contributed by atoms with Crippen LogP contribution in [0.1, 0.15) is 51.7 Å². The van der Waals surface area contributed by atoms with Crippen LogP contribution >= 0.6 is 0 Å². The SMILES string of the molecule is COC(=O)C(C)(C)CCOCc1ccc(COCCC(C)(C)C(=O)OC)cc1. The van der Waals surface area contributed by atoms with Gasteiger partial charge in [0.1, 0.15) is 0 Å². The molecule has 28 heavy (non-hydrogen) atoms. The molecule has 6 heteroatoms. The fourth-order valence-corrected chi connectivity index (χ4v) is 2.52. The molecule has 1 rings (SSSR count). The monoisotopic (exact) mass is 394 g/mol. The van der Waals surface area contributed by atoms with Crippen molar-refractivity contribution in [3.8, 4) is 0 Å². The number of methoxy groups -OCH3 is 2. The van der Waals surface area contributed by atoms with E-state index in [0.717, 1.165) is 11.1 Å². The van der Waals surface area contributed by atoms with Crippen molar-refractivity contribution in [3.05, 3.63) is 35.4 Å². The topological polar surface area (TPSA) is 71.1 Å². The molecule has 0 radical (unpaired) electrons. The summed E-state index contributed by atoms with van der Waals surface area (Å²) in [6, 6.07) is 8.01. The molecule has 0 atom stereocenters. The lowest BCUT2D eigenvalue weighted by atomic mass is 9.90. The average Bonchev–Trinajstić information content (AvgIpc) is 2.68. The van der Waals surface area contributed by atoms with Crippen LogP contribution in [-0.4, -0.2) is 39.4 Å². The lowest BCUT2D eigenvalue weighted by Crippen LogP contribution is -2.27. The molecule has 0 fully saturated rings. The first-order valence-electron chi connectivity index (χ1n) is 9.52. The number of carbonyl (C=O) groups excluding carboxylic acids is 2. The third kappa shape index (κ3) is 7.98. The summed E-state index contributed by atoms with van der Waals surface area (Å²) in [5.41, 5.74) is 1.04. The van der Waals surface area contributed by atoms with Crippen LogP contribution in [0, 0.1) is 10.8 Å². The van der Waals surface area contributed by atoms with Crippen LogP contribution in [0.3, 0.4) is 0 Å². The van der Waals surface area contributed by atoms with Crippen LogP contribution in [0.4, 0.5) is 0 Å². The Kier molecular flexibility index (Phi) is 9.62. The fourth-order valence-electron chi connectivity index (χ4n) is 2.52. The van der Waals surface area contributed by atoms with Gasteiger partial charge in [-0.05, 0) is 51.7 Å². The summed E-state index contributed by atoms with van der Waals surface area (Å²) < 4.78 is 20.9. The Labute approximate surface area is 168 Å². The van der Waals surface area contributed by atoms with Crippen molar-refractivity contribution < 1.29 is 28.5 Å². The molecule has 1 aromatic rings. The molecule has 158 valence electrons. The summed E-state index contributed by atoms with van der Waals surface area (Å²) in [6.45, 7) is 9.36. The zero-order valence-corrected chi connectivity index (χ0v) is 18.0. The van der Waals surface area contributed by atoms with Gasteiger partial charge in [0.15, 0.2) is 0 Å². The highest BCUT2D eigenvalue weighted by Crippen LogP contribution is 2.23. The molecular weight excluding hydrogens is 360 g/mol. The zero-order chi connectivity index (χ0) is 21.2. The Morgan fingerprint density at radius 1 is 0.714 bits per heavy atom. The molecule has 0 aromatic heterocycles. The maximum atomic E-state index is 11.6. The predicted molar refractivity (Wildman–Crippen MR) is 107 cm³/mol. The van der Waals surface area contributed by atoms with E-state index in [9.17, 15) is 9.59 Å². The maximum absolute atomic E-state index is 11.6. The molecule has 0 aliphatic heterocycles. The number of rotatable bonds is 12. The number of carbonyl (C=O) groups is 2. The molecule has 0 saturated carbocycles. The number of esters is 2. The van der Waals surface area contributed by atoms with Gasteiger partial charge in [-0.2, -0.15) is 0 Å². The normalized spacial score (nSPS) is 11.9. The van der Waals surface area contributed by atoms with Gasteiger partial charge in [0.2, 0.25) is 0 Å². The van der Waals surface area contributed by atoms with E-state index in [2.05, 4.69) is 0 Å². The van der Waals surface area contributed by atoms with Gasteiger partial charge in [-0.25, -0.2) is 0 Å². The Morgan fingerprint density at radius 3 is 1.32 bits per heavy atom. The van der Waals surface area contributed by atoms with E-state index < -0.39 is 10.8 Å². The summed E-state index contributed by atoms with van der Waals surface area (Å²) in [5.74, 6) is -0.453. The summed E-state index contributed by atoms with van der Waals surface area (Å²) in [7, 11) is 2.80. The molecule has 0 aliphatic rings. The largest absolute Gasteiger partial charge is 0.469 e. The van der Waals surface area contributed by atoms with Gasteiger partial charge < -0.3 is 18.9 Å². The van der Waals surface area contributed by atoms with Crippen LogP contribution in [0.25, 0.3) is 0 Å². The first-order chi connectivity index (χ1) is 13.1. The average molecular weight is 395 g/mol. The molecular formula is C22H34O6. The molecule has 0 amide bonds. The quantitative estimate of drug-likeness (QED) is 0.396. The maximum Gasteiger partial charge on any atom is 0.311 e. The first-order valence-corrected chi connectivity index (χ1v) is 9.52. The summed E-state index contributed by atoms with van der Waals surface area (Å²) in [6.07, 6.45) is 1.21. The van der Waals surface area contributed by atoms with E-state index in [1.807, 2.05) is 52.0 Å². The highest BCUT2D eigenvalue weighted by molar-refractivity contribution is 5.76. The fraction of sp³-hybridized carbons (Fsp3) is 0.636. The number of benzene rings is 1. The first kappa shape index (κ1) is 24.1. The van der Waals surface area contributed by atoms with Crippen LogP contribution in [0.5, 0.6) is 0 Å². The number of hydrogen-bond acceptors (Lipinski definition) is 6. The van der Waals surface area contributed by atoms with Crippen LogP contribution in [0.2, 0.25) is 0 Å². The summed E-state index contributed by atoms with van der Waals surface area (Å²) in [4.78, 5) is 23.3. The zero-order valence-electron chi connectivity index (χ0n) is 18.0. The minimum atomic E-state index is -0.543. The van der Waals surface area contributed by atoms with Crippen molar-refractivity contribution in [2.75, 3.05) is 27.4 Å². The Balaban J connectivity index is 2.30. The Morgan fingerprint density at radius 2 is 1.04 bits per heavy atom. The van der Waals surface area contributed by atoms with E-state index in [0.29, 0.717) is 39.3 Å². The minimum Gasteiger partial charge on any atom is -0.469 e. The molecule has 0 unspecified atom stereocenters. The van der Waals surface area contributed by atoms with Crippen LogP contribution in [0.15, 0.2) is 24.3 Å². The van der Waals surface area contributed by atoms with Crippen molar-refractivity contribution in [1.82, 2.24) is 0 Å². The van der Waals surface area contributed by atoms with Crippen molar-refractivity contribution in [2.24, 2.45) is 10.8 Å². The molecule has 0 aliphatic carbocycles. The van der Waals surface area contributed by atoms with Gasteiger partial charge in [-0.15, -0.1) is 0 Å². The second-order valence-electron chi connectivity index (χ2n) is 8.17. The van der Waals surface area contributed by atoms with Crippen molar-refractivity contribution in [3.63, 3.8) is 0 Å².